The lowest BCUT2D eigenvalue weighted by molar-refractivity contribution is -0.141. The average Bonchev–Trinajstić information content (AvgIpc) is 2.74. The molecule has 0 saturated carbocycles. The van der Waals surface area contributed by atoms with E-state index in [0.717, 1.165) is 6.07 Å². The number of nitrogens with one attached hydrogen (secondary N) is 1. The standard InChI is InChI=1S/C20H14F3N5O4S/c1-11-7-12(10-24)5-6-16(11)32-19-15(9-17(27-28-19)20(21,22)23)18(29)26-13-3-2-4-14(8-13)33(25,30)31/h2-9H,1H3,(H,26,29)(H2,25,30,31). The molecule has 13 heteroatoms. The SMILES string of the molecule is Cc1cc(C#N)ccc1Oc1nnc(C(F)(F)F)cc1C(=O)Nc1cccc(S(N)(=O)=O)c1. The fourth-order valence-electron chi connectivity index (χ4n) is 2.64. The third-order valence-electron chi connectivity index (χ3n) is 4.23. The summed E-state index contributed by atoms with van der Waals surface area (Å²) in [6.45, 7) is 1.59. The number of hydrogen-bond acceptors (Lipinski definition) is 7. The highest BCUT2D eigenvalue weighted by Crippen LogP contribution is 2.32. The fraction of sp³-hybridized carbons (Fsp3) is 0.100. The zero-order valence-electron chi connectivity index (χ0n) is 16.7. The van der Waals surface area contributed by atoms with Gasteiger partial charge < -0.3 is 10.1 Å². The highest BCUT2D eigenvalue weighted by atomic mass is 32.2. The lowest BCUT2D eigenvalue weighted by Gasteiger charge is -2.14. The first-order chi connectivity index (χ1) is 15.4. The first kappa shape index (κ1) is 23.6. The molecule has 1 aromatic heterocycles. The molecule has 3 aromatic rings. The third-order valence-corrected chi connectivity index (χ3v) is 5.14. The molecule has 0 aliphatic rings. The molecule has 2 aromatic carbocycles. The number of aromatic nitrogens is 2. The van der Waals surface area contributed by atoms with E-state index in [9.17, 15) is 26.4 Å². The van der Waals surface area contributed by atoms with Gasteiger partial charge in [-0.25, -0.2) is 13.6 Å². The van der Waals surface area contributed by atoms with Crippen LogP contribution in [0.3, 0.4) is 0 Å². The fourth-order valence-corrected chi connectivity index (χ4v) is 3.20. The van der Waals surface area contributed by atoms with Crippen molar-refractivity contribution in [3.63, 3.8) is 0 Å². The first-order valence-electron chi connectivity index (χ1n) is 8.96. The molecule has 9 nitrogen and oxygen atoms in total. The van der Waals surface area contributed by atoms with Crippen molar-refractivity contribution in [2.45, 2.75) is 18.0 Å². The van der Waals surface area contributed by atoms with E-state index in [1.165, 1.54) is 36.4 Å². The third kappa shape index (κ3) is 5.62. The summed E-state index contributed by atoms with van der Waals surface area (Å²) in [6, 6.07) is 11.5. The van der Waals surface area contributed by atoms with Gasteiger partial charge in [0.25, 0.3) is 11.8 Å². The van der Waals surface area contributed by atoms with Gasteiger partial charge in [-0.2, -0.15) is 18.4 Å². The molecular weight excluding hydrogens is 463 g/mol. The molecule has 3 rings (SSSR count). The van der Waals surface area contributed by atoms with Crippen LogP contribution in [0.25, 0.3) is 0 Å². The van der Waals surface area contributed by atoms with Gasteiger partial charge in [-0.1, -0.05) is 6.07 Å². The summed E-state index contributed by atoms with van der Waals surface area (Å²) in [5.41, 5.74) is -1.30. The van der Waals surface area contributed by atoms with Gasteiger partial charge in [0.2, 0.25) is 10.0 Å². The molecule has 0 spiro atoms. The van der Waals surface area contributed by atoms with Crippen LogP contribution in [0.2, 0.25) is 0 Å². The predicted molar refractivity (Wildman–Crippen MR) is 109 cm³/mol. The Labute approximate surface area is 185 Å². The highest BCUT2D eigenvalue weighted by Gasteiger charge is 2.35. The maximum atomic E-state index is 13.2. The van der Waals surface area contributed by atoms with Crippen LogP contribution in [0.4, 0.5) is 18.9 Å². The number of rotatable bonds is 5. The molecule has 0 saturated heterocycles. The number of nitriles is 1. The Balaban J connectivity index is 2.01. The quantitative estimate of drug-likeness (QED) is 0.572. The van der Waals surface area contributed by atoms with Gasteiger partial charge >= 0.3 is 6.18 Å². The van der Waals surface area contributed by atoms with Crippen LogP contribution in [-0.4, -0.2) is 24.5 Å². The largest absolute Gasteiger partial charge is 0.437 e. The van der Waals surface area contributed by atoms with Crippen molar-refractivity contribution in [1.29, 1.82) is 5.26 Å². The van der Waals surface area contributed by atoms with E-state index in [-0.39, 0.29) is 16.3 Å². The minimum atomic E-state index is -4.89. The topological polar surface area (TPSA) is 148 Å². The van der Waals surface area contributed by atoms with Crippen molar-refractivity contribution in [2.24, 2.45) is 5.14 Å². The molecule has 0 bridgehead atoms. The summed E-state index contributed by atoms with van der Waals surface area (Å²) in [6.07, 6.45) is -4.89. The van der Waals surface area contributed by atoms with E-state index in [1.54, 1.807) is 6.92 Å². The second-order valence-electron chi connectivity index (χ2n) is 6.67. The van der Waals surface area contributed by atoms with Crippen LogP contribution in [0.1, 0.15) is 27.2 Å². The van der Waals surface area contributed by atoms with Crippen LogP contribution in [-0.2, 0) is 16.2 Å². The number of nitrogens with two attached hydrogens (primary N) is 1. The number of hydrogen-bond donors (Lipinski definition) is 2. The van der Waals surface area contributed by atoms with Gasteiger partial charge in [-0.15, -0.1) is 10.2 Å². The molecule has 0 unspecified atom stereocenters. The Morgan fingerprint density at radius 1 is 1.15 bits per heavy atom. The number of nitrogens with zero attached hydrogens (tertiary/aromatic N) is 3. The molecule has 33 heavy (non-hydrogen) atoms. The summed E-state index contributed by atoms with van der Waals surface area (Å²) >= 11 is 0. The number of amides is 1. The Hall–Kier alpha value is -4.02. The summed E-state index contributed by atoms with van der Waals surface area (Å²) in [5, 5.41) is 22.8. The molecule has 0 atom stereocenters. The zero-order valence-corrected chi connectivity index (χ0v) is 17.5. The summed E-state index contributed by atoms with van der Waals surface area (Å²) < 4.78 is 68.0. The second kappa shape index (κ2) is 8.85. The number of benzene rings is 2. The van der Waals surface area contributed by atoms with Crippen molar-refractivity contribution < 1.29 is 31.1 Å². The number of carbonyl (C=O) groups is 1. The number of aryl methyl sites for hydroxylation is 1. The lowest BCUT2D eigenvalue weighted by atomic mass is 10.1. The van der Waals surface area contributed by atoms with Crippen LogP contribution in [0, 0.1) is 18.3 Å². The Morgan fingerprint density at radius 3 is 2.48 bits per heavy atom. The molecule has 170 valence electrons. The second-order valence-corrected chi connectivity index (χ2v) is 8.23. The molecule has 1 amide bonds. The van der Waals surface area contributed by atoms with E-state index in [1.807, 2.05) is 6.07 Å². The molecular formula is C20H14F3N5O4S. The van der Waals surface area contributed by atoms with Gasteiger partial charge in [-0.05, 0) is 55.0 Å². The number of halogens is 3. The van der Waals surface area contributed by atoms with E-state index in [4.69, 9.17) is 15.1 Å². The van der Waals surface area contributed by atoms with Crippen LogP contribution in [0.15, 0.2) is 53.4 Å². The minimum absolute atomic E-state index is 0.0441. The Bertz CT molecular complexity index is 1390. The van der Waals surface area contributed by atoms with E-state index in [2.05, 4.69) is 15.5 Å². The van der Waals surface area contributed by atoms with Gasteiger partial charge in [0.1, 0.15) is 11.3 Å². The van der Waals surface area contributed by atoms with E-state index >= 15 is 0 Å². The lowest BCUT2D eigenvalue weighted by Crippen LogP contribution is -2.18. The summed E-state index contributed by atoms with van der Waals surface area (Å²) in [5.74, 6) is -1.47. The van der Waals surface area contributed by atoms with Gasteiger partial charge in [0.15, 0.2) is 5.69 Å². The molecule has 1 heterocycles. The predicted octanol–water partition coefficient (Wildman–Crippen LogP) is 3.37. The van der Waals surface area contributed by atoms with E-state index in [0.29, 0.717) is 17.2 Å². The summed E-state index contributed by atoms with van der Waals surface area (Å²) in [4.78, 5) is 12.5. The number of ether oxygens (including phenoxy) is 1. The molecule has 0 aliphatic carbocycles. The van der Waals surface area contributed by atoms with Crippen LogP contribution >= 0.6 is 0 Å². The number of sulfonamides is 1. The van der Waals surface area contributed by atoms with Crippen LogP contribution in [0.5, 0.6) is 11.6 Å². The maximum absolute atomic E-state index is 13.2. The number of anilines is 1. The van der Waals surface area contributed by atoms with Crippen molar-refractivity contribution in [1.82, 2.24) is 10.2 Å². The highest BCUT2D eigenvalue weighted by molar-refractivity contribution is 7.89. The smallest absolute Gasteiger partial charge is 0.435 e. The molecule has 3 N–H and O–H groups in total. The normalized spacial score (nSPS) is 11.5. The van der Waals surface area contributed by atoms with Crippen molar-refractivity contribution in [3.05, 3.63) is 70.9 Å². The monoisotopic (exact) mass is 477 g/mol. The number of carbonyl (C=O) groups excluding carboxylic acids is 1. The van der Waals surface area contributed by atoms with Crippen molar-refractivity contribution in [2.75, 3.05) is 5.32 Å². The van der Waals surface area contributed by atoms with Crippen LogP contribution < -0.4 is 15.2 Å². The molecule has 0 fully saturated rings. The van der Waals surface area contributed by atoms with Gasteiger partial charge in [0, 0.05) is 5.69 Å². The first-order valence-corrected chi connectivity index (χ1v) is 10.5. The number of alkyl halides is 3. The maximum Gasteiger partial charge on any atom is 0.435 e. The Morgan fingerprint density at radius 2 is 1.88 bits per heavy atom. The van der Waals surface area contributed by atoms with Gasteiger partial charge in [0.05, 0.1) is 16.5 Å². The number of primary sulfonamides is 1. The van der Waals surface area contributed by atoms with E-state index < -0.39 is 39.2 Å². The zero-order chi connectivity index (χ0) is 24.4. The van der Waals surface area contributed by atoms with Gasteiger partial charge in [-0.3, -0.25) is 4.79 Å². The summed E-state index contributed by atoms with van der Waals surface area (Å²) in [7, 11) is -4.08. The van der Waals surface area contributed by atoms with Crippen molar-refractivity contribution >= 4 is 21.6 Å². The Kier molecular flexibility index (Phi) is 6.34. The molecule has 0 aliphatic heterocycles. The minimum Gasteiger partial charge on any atom is -0.437 e. The molecule has 0 radical (unpaired) electrons. The van der Waals surface area contributed by atoms with Crippen molar-refractivity contribution in [3.8, 4) is 17.7 Å². The average molecular weight is 477 g/mol.